The van der Waals surface area contributed by atoms with Crippen LogP contribution in [0.4, 0.5) is 5.69 Å². The minimum absolute atomic E-state index is 0.115. The molecule has 2 aliphatic heterocycles. The zero-order valence-electron chi connectivity index (χ0n) is 15.4. The van der Waals surface area contributed by atoms with Gasteiger partial charge >= 0.3 is 13.6 Å². The molecular weight excluding hydrogens is 455 g/mol. The molecule has 2 aliphatic rings. The topological polar surface area (TPSA) is 107 Å². The Kier molecular flexibility index (Phi) is 6.57. The Morgan fingerprint density at radius 2 is 2.00 bits per heavy atom. The van der Waals surface area contributed by atoms with Gasteiger partial charge in [-0.1, -0.05) is 35.7 Å². The fourth-order valence-electron chi connectivity index (χ4n) is 2.73. The number of rotatable bonds is 5. The number of amides is 1. The Bertz CT molecular complexity index is 1000. The summed E-state index contributed by atoms with van der Waals surface area (Å²) in [4.78, 5) is 46.1. The summed E-state index contributed by atoms with van der Waals surface area (Å²) in [5.74, 6) is -0.470. The number of anilines is 1. The van der Waals surface area contributed by atoms with E-state index < -0.39 is 25.8 Å². The Labute approximate surface area is 181 Å². The van der Waals surface area contributed by atoms with E-state index in [0.29, 0.717) is 17.2 Å². The molecule has 0 aliphatic carbocycles. The molecule has 0 saturated carbocycles. The number of carbonyl (C=O) groups excluding carboxylic acids is 2. The predicted molar refractivity (Wildman–Crippen MR) is 117 cm³/mol. The second kappa shape index (κ2) is 8.63. The van der Waals surface area contributed by atoms with Crippen LogP contribution in [0.1, 0.15) is 13.8 Å². The molecule has 12 heteroatoms. The van der Waals surface area contributed by atoms with Gasteiger partial charge < -0.3 is 19.4 Å². The van der Waals surface area contributed by atoms with E-state index in [4.69, 9.17) is 26.7 Å². The summed E-state index contributed by atoms with van der Waals surface area (Å²) in [6.45, 7) is 3.97. The standard InChI is InChI=1S/C17H17N2O6PS3/c1-3-18-12-8-11(25-10(2)20)4-5-13(12)28-15(18)7-6-14-16(21)19(17(27)29-14)9-26(22,23)24/h4-8H,3,9H2,1-2H3,(H2,22,23,24)/b14-6+,15-7-. The van der Waals surface area contributed by atoms with Gasteiger partial charge in [-0.3, -0.25) is 19.1 Å². The number of benzene rings is 1. The average Bonchev–Trinajstić information content (AvgIpc) is 3.09. The highest BCUT2D eigenvalue weighted by molar-refractivity contribution is 8.26. The van der Waals surface area contributed by atoms with Gasteiger partial charge in [-0.15, -0.1) is 0 Å². The molecule has 0 spiro atoms. The van der Waals surface area contributed by atoms with E-state index in [0.717, 1.165) is 32.3 Å². The first-order chi connectivity index (χ1) is 13.6. The van der Waals surface area contributed by atoms with Gasteiger partial charge in [0.05, 0.1) is 15.6 Å². The molecule has 154 valence electrons. The molecule has 0 atom stereocenters. The summed E-state index contributed by atoms with van der Waals surface area (Å²) < 4.78 is 16.5. The molecule has 0 unspecified atom stereocenters. The Hall–Kier alpha value is -1.62. The molecule has 8 nitrogen and oxygen atoms in total. The van der Waals surface area contributed by atoms with Crippen LogP contribution in [0.2, 0.25) is 0 Å². The van der Waals surface area contributed by atoms with E-state index in [1.807, 2.05) is 17.9 Å². The van der Waals surface area contributed by atoms with Crippen LogP contribution in [-0.2, 0) is 14.2 Å². The van der Waals surface area contributed by atoms with Gasteiger partial charge in [0.2, 0.25) is 0 Å². The van der Waals surface area contributed by atoms with Crippen molar-refractivity contribution in [2.75, 3.05) is 17.7 Å². The summed E-state index contributed by atoms with van der Waals surface area (Å²) in [5.41, 5.74) is 0.893. The van der Waals surface area contributed by atoms with Crippen LogP contribution < -0.4 is 9.64 Å². The molecular formula is C17H17N2O6PS3. The maximum absolute atomic E-state index is 12.4. The van der Waals surface area contributed by atoms with Crippen LogP contribution in [0.5, 0.6) is 5.75 Å². The van der Waals surface area contributed by atoms with E-state index >= 15 is 0 Å². The van der Waals surface area contributed by atoms with Crippen molar-refractivity contribution in [3.05, 3.63) is 40.3 Å². The fraction of sp³-hybridized carbons (Fsp3) is 0.235. The lowest BCUT2D eigenvalue weighted by atomic mass is 10.2. The summed E-state index contributed by atoms with van der Waals surface area (Å²) in [6.07, 6.45) is 2.64. The lowest BCUT2D eigenvalue weighted by Gasteiger charge is -2.18. The van der Waals surface area contributed by atoms with Crippen LogP contribution in [-0.4, -0.2) is 43.7 Å². The van der Waals surface area contributed by atoms with Crippen LogP contribution in [0.15, 0.2) is 45.2 Å². The lowest BCUT2D eigenvalue weighted by molar-refractivity contribution is -0.131. The maximum atomic E-state index is 12.4. The third-order valence-electron chi connectivity index (χ3n) is 3.86. The molecule has 2 N–H and O–H groups in total. The number of thiocarbonyl (C=S) groups is 1. The number of allylic oxidation sites excluding steroid dienone is 2. The van der Waals surface area contributed by atoms with Crippen LogP contribution in [0, 0.1) is 0 Å². The molecule has 0 radical (unpaired) electrons. The minimum atomic E-state index is -4.41. The number of hydrogen-bond donors (Lipinski definition) is 2. The van der Waals surface area contributed by atoms with E-state index in [9.17, 15) is 14.2 Å². The van der Waals surface area contributed by atoms with Crippen LogP contribution in [0.3, 0.4) is 0 Å². The molecule has 3 rings (SSSR count). The highest BCUT2D eigenvalue weighted by atomic mass is 32.2. The number of fused-ring (bicyclic) bond motifs is 1. The molecule has 1 aromatic rings. The monoisotopic (exact) mass is 472 g/mol. The Balaban J connectivity index is 1.83. The van der Waals surface area contributed by atoms with Gasteiger partial charge in [0, 0.05) is 24.4 Å². The van der Waals surface area contributed by atoms with E-state index in [1.165, 1.54) is 18.7 Å². The third-order valence-corrected chi connectivity index (χ3v) is 7.03. The van der Waals surface area contributed by atoms with Crippen molar-refractivity contribution in [1.29, 1.82) is 0 Å². The van der Waals surface area contributed by atoms with Crippen molar-refractivity contribution < 1.29 is 28.7 Å². The molecule has 1 amide bonds. The second-order valence-corrected chi connectivity index (χ2v) is 10.4. The number of nitrogens with zero attached hydrogens (tertiary/aromatic N) is 2. The van der Waals surface area contributed by atoms with Gasteiger partial charge in [-0.05, 0) is 31.2 Å². The van der Waals surface area contributed by atoms with Gasteiger partial charge in [-0.25, -0.2) is 0 Å². The van der Waals surface area contributed by atoms with Crippen molar-refractivity contribution in [2.45, 2.75) is 18.7 Å². The normalized spacial score (nSPS) is 19.4. The molecule has 1 aromatic carbocycles. The summed E-state index contributed by atoms with van der Waals surface area (Å²) in [5, 5.41) is 0.864. The Morgan fingerprint density at radius 1 is 1.28 bits per heavy atom. The van der Waals surface area contributed by atoms with Crippen molar-refractivity contribution in [3.63, 3.8) is 0 Å². The van der Waals surface area contributed by atoms with Crippen molar-refractivity contribution >= 4 is 65.2 Å². The van der Waals surface area contributed by atoms with E-state index in [1.54, 1.807) is 24.3 Å². The van der Waals surface area contributed by atoms with Crippen molar-refractivity contribution in [1.82, 2.24) is 4.90 Å². The summed E-state index contributed by atoms with van der Waals surface area (Å²) in [6, 6.07) is 5.37. The Morgan fingerprint density at radius 3 is 2.62 bits per heavy atom. The smallest absolute Gasteiger partial charge is 0.345 e. The third kappa shape index (κ3) is 5.11. The number of esters is 1. The highest BCUT2D eigenvalue weighted by Gasteiger charge is 2.36. The predicted octanol–water partition coefficient (Wildman–Crippen LogP) is 3.26. The van der Waals surface area contributed by atoms with Gasteiger partial charge in [0.1, 0.15) is 16.4 Å². The summed E-state index contributed by atoms with van der Waals surface area (Å²) in [7, 11) is -4.41. The second-order valence-electron chi connectivity index (χ2n) is 6.01. The zero-order valence-corrected chi connectivity index (χ0v) is 18.7. The molecule has 1 fully saturated rings. The highest BCUT2D eigenvalue weighted by Crippen LogP contribution is 2.47. The average molecular weight is 473 g/mol. The van der Waals surface area contributed by atoms with Crippen LogP contribution in [0.25, 0.3) is 0 Å². The largest absolute Gasteiger partial charge is 0.427 e. The first kappa shape index (κ1) is 22.1. The molecule has 29 heavy (non-hydrogen) atoms. The van der Waals surface area contributed by atoms with Crippen LogP contribution >= 0.6 is 43.3 Å². The quantitative estimate of drug-likeness (QED) is 0.218. The lowest BCUT2D eigenvalue weighted by Crippen LogP contribution is -2.28. The zero-order chi connectivity index (χ0) is 21.3. The first-order valence-electron chi connectivity index (χ1n) is 8.37. The van der Waals surface area contributed by atoms with E-state index in [2.05, 4.69) is 0 Å². The number of carbonyl (C=O) groups is 2. The van der Waals surface area contributed by atoms with Gasteiger partial charge in [-0.2, -0.15) is 0 Å². The molecule has 0 bridgehead atoms. The maximum Gasteiger partial charge on any atom is 0.345 e. The van der Waals surface area contributed by atoms with Gasteiger partial charge in [0.25, 0.3) is 5.91 Å². The number of thioether (sulfide) groups is 2. The van der Waals surface area contributed by atoms with Gasteiger partial charge in [0.15, 0.2) is 0 Å². The molecule has 0 aromatic heterocycles. The fourth-order valence-corrected chi connectivity index (χ4v) is 5.86. The SMILES string of the molecule is CCN1/C(=C/C=C2/SC(=S)N(CP(=O)(O)O)C2=O)Sc2ccc(OC(C)=O)cc21. The van der Waals surface area contributed by atoms with E-state index in [-0.39, 0.29) is 4.32 Å². The van der Waals surface area contributed by atoms with Crippen molar-refractivity contribution in [2.24, 2.45) is 0 Å². The molecule has 2 heterocycles. The number of ether oxygens (including phenoxy) is 1. The number of hydrogen-bond acceptors (Lipinski definition) is 8. The van der Waals surface area contributed by atoms with Crippen molar-refractivity contribution in [3.8, 4) is 5.75 Å². The molecule has 1 saturated heterocycles. The first-order valence-corrected chi connectivity index (χ1v) is 12.2. The minimum Gasteiger partial charge on any atom is -0.427 e. The summed E-state index contributed by atoms with van der Waals surface area (Å²) >= 11 is 7.58.